The summed E-state index contributed by atoms with van der Waals surface area (Å²) >= 11 is 0. The molecule has 2 nitrogen and oxygen atoms in total. The van der Waals surface area contributed by atoms with E-state index in [0.29, 0.717) is 6.42 Å². The Hall–Kier alpha value is -2.09. The van der Waals surface area contributed by atoms with Crippen LogP contribution in [0.1, 0.15) is 69.1 Å². The Morgan fingerprint density at radius 2 is 1.58 bits per heavy atom. The Morgan fingerprint density at radius 1 is 1.04 bits per heavy atom. The second-order valence-corrected chi connectivity index (χ2v) is 6.83. The Kier molecular flexibility index (Phi) is 5.82. The van der Waals surface area contributed by atoms with Gasteiger partial charge in [-0.15, -0.1) is 0 Å². The second kappa shape index (κ2) is 7.65. The van der Waals surface area contributed by atoms with Crippen molar-refractivity contribution in [2.24, 2.45) is 0 Å². The van der Waals surface area contributed by atoms with Crippen LogP contribution >= 0.6 is 0 Å². The van der Waals surface area contributed by atoms with Crippen LogP contribution in [-0.4, -0.2) is 11.4 Å². The number of carbonyl (C=O) groups excluding carboxylic acids is 1. The molecule has 1 N–H and O–H groups in total. The highest BCUT2D eigenvalue weighted by molar-refractivity contribution is 5.49. The fourth-order valence-corrected chi connectivity index (χ4v) is 3.36. The van der Waals surface area contributed by atoms with E-state index in [1.54, 1.807) is 12.1 Å². The number of aromatic hydroxyl groups is 1. The molecule has 3 rings (SSSR count). The lowest BCUT2D eigenvalue weighted by Gasteiger charge is -2.31. The molecule has 2 aromatic rings. The summed E-state index contributed by atoms with van der Waals surface area (Å²) in [6.45, 7) is 2.23. The number of phenolic OH excluding ortho intramolecular Hbond substituents is 1. The summed E-state index contributed by atoms with van der Waals surface area (Å²) in [6.07, 6.45) is 5.99. The van der Waals surface area contributed by atoms with Gasteiger partial charge in [-0.2, -0.15) is 0 Å². The molecule has 2 heteroatoms. The maximum atomic E-state index is 10.7. The molecule has 0 amide bonds. The van der Waals surface area contributed by atoms with Crippen molar-refractivity contribution in [2.75, 3.05) is 0 Å². The lowest BCUT2D eigenvalue weighted by molar-refractivity contribution is -0.107. The summed E-state index contributed by atoms with van der Waals surface area (Å²) in [4.78, 5) is 10.7. The molecule has 0 bridgehead atoms. The van der Waals surface area contributed by atoms with Crippen LogP contribution in [0, 0.1) is 0 Å². The predicted octanol–water partition coefficient (Wildman–Crippen LogP) is 5.58. The third-order valence-electron chi connectivity index (χ3n) is 5.10. The van der Waals surface area contributed by atoms with Gasteiger partial charge in [-0.1, -0.05) is 50.7 Å². The van der Waals surface area contributed by atoms with E-state index in [9.17, 15) is 9.90 Å². The van der Waals surface area contributed by atoms with Crippen LogP contribution in [0.15, 0.2) is 48.5 Å². The predicted molar refractivity (Wildman–Crippen MR) is 99.6 cm³/mol. The van der Waals surface area contributed by atoms with E-state index in [2.05, 4.69) is 31.2 Å². The maximum Gasteiger partial charge on any atom is 0.119 e. The summed E-state index contributed by atoms with van der Waals surface area (Å²) in [6, 6.07) is 16.5. The zero-order valence-corrected chi connectivity index (χ0v) is 13.7. The SMILES string of the molecule is C.CC(CCCC=O)(c1ccc(O)cc1)c1ccc(C2CC2)cc1. The highest BCUT2D eigenvalue weighted by Gasteiger charge is 2.29. The molecule has 128 valence electrons. The Morgan fingerprint density at radius 3 is 2.08 bits per heavy atom. The minimum atomic E-state index is -0.140. The van der Waals surface area contributed by atoms with Gasteiger partial charge in [0.1, 0.15) is 12.0 Å². The molecule has 1 unspecified atom stereocenters. The minimum Gasteiger partial charge on any atom is -0.508 e. The van der Waals surface area contributed by atoms with Crippen LogP contribution in [0.25, 0.3) is 0 Å². The lowest BCUT2D eigenvalue weighted by Crippen LogP contribution is -2.23. The first kappa shape index (κ1) is 18.3. The molecule has 1 aliphatic carbocycles. The van der Waals surface area contributed by atoms with Gasteiger partial charge >= 0.3 is 0 Å². The first-order chi connectivity index (χ1) is 11.1. The molecule has 24 heavy (non-hydrogen) atoms. The zero-order chi connectivity index (χ0) is 16.3. The minimum absolute atomic E-state index is 0. The van der Waals surface area contributed by atoms with Gasteiger partial charge in [0.25, 0.3) is 0 Å². The van der Waals surface area contributed by atoms with E-state index < -0.39 is 0 Å². The van der Waals surface area contributed by atoms with Gasteiger partial charge in [-0.25, -0.2) is 0 Å². The monoisotopic (exact) mass is 324 g/mol. The first-order valence-electron chi connectivity index (χ1n) is 8.47. The van der Waals surface area contributed by atoms with E-state index in [-0.39, 0.29) is 18.6 Å². The average molecular weight is 324 g/mol. The van der Waals surface area contributed by atoms with Crippen molar-refractivity contribution in [3.05, 3.63) is 65.2 Å². The Labute approximate surface area is 145 Å². The molecule has 1 aliphatic rings. The van der Waals surface area contributed by atoms with E-state index in [4.69, 9.17) is 0 Å². The van der Waals surface area contributed by atoms with Crippen molar-refractivity contribution in [3.8, 4) is 5.75 Å². The highest BCUT2D eigenvalue weighted by Crippen LogP contribution is 2.42. The van der Waals surface area contributed by atoms with Crippen molar-refractivity contribution in [1.29, 1.82) is 0 Å². The van der Waals surface area contributed by atoms with E-state index >= 15 is 0 Å². The molecule has 0 radical (unpaired) electrons. The van der Waals surface area contributed by atoms with Crippen LogP contribution in [0.3, 0.4) is 0 Å². The van der Waals surface area contributed by atoms with Gasteiger partial charge in [-0.3, -0.25) is 0 Å². The van der Waals surface area contributed by atoms with Gasteiger partial charge in [0, 0.05) is 11.8 Å². The number of phenols is 1. The maximum absolute atomic E-state index is 10.7. The van der Waals surface area contributed by atoms with Gasteiger partial charge in [0.2, 0.25) is 0 Å². The number of hydrogen-bond acceptors (Lipinski definition) is 2. The molecule has 1 atom stereocenters. The molecule has 2 aromatic carbocycles. The van der Waals surface area contributed by atoms with Crippen molar-refractivity contribution in [3.63, 3.8) is 0 Å². The van der Waals surface area contributed by atoms with Crippen molar-refractivity contribution in [1.82, 2.24) is 0 Å². The van der Waals surface area contributed by atoms with Crippen molar-refractivity contribution in [2.45, 2.75) is 57.8 Å². The normalized spacial score (nSPS) is 16.0. The number of benzene rings is 2. The van der Waals surface area contributed by atoms with Gasteiger partial charge in [-0.05, 0) is 60.4 Å². The number of hydrogen-bond donors (Lipinski definition) is 1. The van der Waals surface area contributed by atoms with E-state index in [1.807, 2.05) is 12.1 Å². The fourth-order valence-electron chi connectivity index (χ4n) is 3.36. The van der Waals surface area contributed by atoms with Crippen LogP contribution in [0.4, 0.5) is 0 Å². The summed E-state index contributed by atoms with van der Waals surface area (Å²) in [5.74, 6) is 1.05. The van der Waals surface area contributed by atoms with Crippen molar-refractivity contribution < 1.29 is 9.90 Å². The average Bonchev–Trinajstić information content (AvgIpc) is 3.41. The molecule has 1 saturated carbocycles. The summed E-state index contributed by atoms with van der Waals surface area (Å²) in [5.41, 5.74) is 3.76. The van der Waals surface area contributed by atoms with Crippen LogP contribution in [-0.2, 0) is 10.2 Å². The van der Waals surface area contributed by atoms with Gasteiger partial charge in [0.05, 0.1) is 0 Å². The lowest BCUT2D eigenvalue weighted by atomic mass is 9.72. The third-order valence-corrected chi connectivity index (χ3v) is 5.10. The molecule has 0 saturated heterocycles. The third kappa shape index (κ3) is 3.87. The fraction of sp³-hybridized carbons (Fsp3) is 0.409. The zero-order valence-electron chi connectivity index (χ0n) is 13.7. The van der Waals surface area contributed by atoms with E-state index in [0.717, 1.165) is 25.0 Å². The largest absolute Gasteiger partial charge is 0.508 e. The van der Waals surface area contributed by atoms with Crippen LogP contribution in [0.2, 0.25) is 0 Å². The molecular weight excluding hydrogens is 296 g/mol. The highest BCUT2D eigenvalue weighted by atomic mass is 16.3. The van der Waals surface area contributed by atoms with Crippen LogP contribution in [0.5, 0.6) is 5.75 Å². The smallest absolute Gasteiger partial charge is 0.119 e. The Balaban J connectivity index is 0.00000208. The standard InChI is InChI=1S/C21H24O2.CH4/c1-21(14-2-3-15-22,19-10-12-20(23)13-11-19)18-8-6-17(7-9-18)16-4-5-16;/h6-13,15-16,23H,2-5,14H2,1H3;1H4. The van der Waals surface area contributed by atoms with Crippen LogP contribution < -0.4 is 0 Å². The second-order valence-electron chi connectivity index (χ2n) is 6.83. The Bertz CT molecular complexity index is 653. The molecule has 0 spiro atoms. The molecule has 0 heterocycles. The van der Waals surface area contributed by atoms with E-state index in [1.165, 1.54) is 29.5 Å². The molecule has 0 aliphatic heterocycles. The summed E-state index contributed by atoms with van der Waals surface area (Å²) < 4.78 is 0. The van der Waals surface area contributed by atoms with Gasteiger partial charge in [0.15, 0.2) is 0 Å². The number of rotatable bonds is 7. The van der Waals surface area contributed by atoms with Crippen molar-refractivity contribution >= 4 is 6.29 Å². The first-order valence-corrected chi connectivity index (χ1v) is 8.47. The summed E-state index contributed by atoms with van der Waals surface area (Å²) in [7, 11) is 0. The van der Waals surface area contributed by atoms with Gasteiger partial charge < -0.3 is 9.90 Å². The topological polar surface area (TPSA) is 37.3 Å². The molecule has 0 aromatic heterocycles. The number of carbonyl (C=O) groups is 1. The molecule has 1 fully saturated rings. The number of unbranched alkanes of at least 4 members (excludes halogenated alkanes) is 1. The number of aldehydes is 1. The summed E-state index contributed by atoms with van der Waals surface area (Å²) in [5, 5.41) is 9.57. The quantitative estimate of drug-likeness (QED) is 0.533. The molecular formula is C22H28O2.